The predicted molar refractivity (Wildman–Crippen MR) is 64.8 cm³/mol. The molecule has 0 saturated carbocycles. The molecule has 0 aromatic carbocycles. The Hall–Kier alpha value is -1.42. The first kappa shape index (κ1) is 10.7. The Kier molecular flexibility index (Phi) is 2.59. The van der Waals surface area contributed by atoms with Crippen LogP contribution in [0.2, 0.25) is 0 Å². The molecule has 2 atom stereocenters. The number of carbonyl (C=O) groups is 1. The highest BCUT2D eigenvalue weighted by Gasteiger charge is 2.39. The number of aromatic nitrogens is 1. The molecule has 90 valence electrons. The van der Waals surface area contributed by atoms with Crippen molar-refractivity contribution in [2.24, 2.45) is 5.92 Å². The molecular formula is C13H17N3O. The average Bonchev–Trinajstić information content (AvgIpc) is 2.89. The maximum Gasteiger partial charge on any atom is 0.254 e. The molecule has 0 bridgehead atoms. The molecule has 0 spiro atoms. The van der Waals surface area contributed by atoms with Crippen molar-refractivity contribution < 1.29 is 4.79 Å². The highest BCUT2D eigenvalue weighted by Crippen LogP contribution is 2.28. The fourth-order valence-electron chi connectivity index (χ4n) is 2.95. The highest BCUT2D eigenvalue weighted by atomic mass is 16.2. The van der Waals surface area contributed by atoms with Crippen LogP contribution in [-0.2, 0) is 0 Å². The van der Waals surface area contributed by atoms with Crippen molar-refractivity contribution in [3.63, 3.8) is 0 Å². The zero-order chi connectivity index (χ0) is 11.8. The lowest BCUT2D eigenvalue weighted by molar-refractivity contribution is 0.0737. The molecule has 2 fully saturated rings. The lowest BCUT2D eigenvalue weighted by Gasteiger charge is -2.23. The molecule has 2 aliphatic heterocycles. The number of rotatable bonds is 1. The van der Waals surface area contributed by atoms with Gasteiger partial charge < -0.3 is 10.2 Å². The van der Waals surface area contributed by atoms with Crippen LogP contribution in [0, 0.1) is 12.8 Å². The van der Waals surface area contributed by atoms with Crippen molar-refractivity contribution in [1.29, 1.82) is 0 Å². The van der Waals surface area contributed by atoms with E-state index < -0.39 is 0 Å². The zero-order valence-electron chi connectivity index (χ0n) is 10.0. The summed E-state index contributed by atoms with van der Waals surface area (Å²) in [5, 5.41) is 3.37. The predicted octanol–water partition coefficient (Wildman–Crippen LogP) is 0.824. The number of likely N-dealkylation sites (tertiary alicyclic amines) is 1. The third-order valence-corrected chi connectivity index (χ3v) is 3.85. The van der Waals surface area contributed by atoms with Gasteiger partial charge in [-0.2, -0.15) is 0 Å². The summed E-state index contributed by atoms with van der Waals surface area (Å²) in [7, 11) is 0. The van der Waals surface area contributed by atoms with Gasteiger partial charge in [-0.25, -0.2) is 0 Å². The van der Waals surface area contributed by atoms with Crippen molar-refractivity contribution in [3.05, 3.63) is 29.6 Å². The van der Waals surface area contributed by atoms with Gasteiger partial charge in [0.2, 0.25) is 0 Å². The lowest BCUT2D eigenvalue weighted by Crippen LogP contribution is -2.39. The number of fused-ring (bicyclic) bond motifs is 1. The fourth-order valence-corrected chi connectivity index (χ4v) is 2.95. The van der Waals surface area contributed by atoms with Crippen LogP contribution in [0.25, 0.3) is 0 Å². The molecule has 1 aromatic rings. The van der Waals surface area contributed by atoms with E-state index in [1.54, 1.807) is 6.20 Å². The number of amides is 1. The SMILES string of the molecule is Cc1cc(C(=O)N2CC[C@H]3CNC[C@H]32)ccn1. The van der Waals surface area contributed by atoms with Gasteiger partial charge >= 0.3 is 0 Å². The molecule has 4 nitrogen and oxygen atoms in total. The molecule has 17 heavy (non-hydrogen) atoms. The summed E-state index contributed by atoms with van der Waals surface area (Å²) in [6.07, 6.45) is 2.84. The normalized spacial score (nSPS) is 27.2. The van der Waals surface area contributed by atoms with Gasteiger partial charge in [-0.05, 0) is 31.4 Å². The Balaban J connectivity index is 1.83. The molecule has 2 saturated heterocycles. The van der Waals surface area contributed by atoms with Gasteiger partial charge in [0.1, 0.15) is 0 Å². The summed E-state index contributed by atoms with van der Waals surface area (Å²) < 4.78 is 0. The van der Waals surface area contributed by atoms with E-state index in [2.05, 4.69) is 10.3 Å². The molecule has 3 rings (SSSR count). The monoisotopic (exact) mass is 231 g/mol. The van der Waals surface area contributed by atoms with E-state index in [0.717, 1.165) is 37.3 Å². The topological polar surface area (TPSA) is 45.2 Å². The highest BCUT2D eigenvalue weighted by molar-refractivity contribution is 5.94. The van der Waals surface area contributed by atoms with Gasteiger partial charge in [-0.1, -0.05) is 0 Å². The molecule has 1 amide bonds. The van der Waals surface area contributed by atoms with E-state index >= 15 is 0 Å². The standard InChI is InChI=1S/C13H17N3O/c1-9-6-10(2-4-15-9)13(17)16-5-3-11-7-14-8-12(11)16/h2,4,6,11-12,14H,3,5,7-8H2,1H3/t11-,12+/m0/s1. The minimum atomic E-state index is 0.159. The molecule has 4 heteroatoms. The summed E-state index contributed by atoms with van der Waals surface area (Å²) in [4.78, 5) is 18.6. The van der Waals surface area contributed by atoms with E-state index in [1.165, 1.54) is 0 Å². The quantitative estimate of drug-likeness (QED) is 0.778. The van der Waals surface area contributed by atoms with Gasteiger partial charge in [0.05, 0.1) is 0 Å². The van der Waals surface area contributed by atoms with Crippen molar-refractivity contribution in [3.8, 4) is 0 Å². The first-order valence-corrected chi connectivity index (χ1v) is 6.20. The lowest BCUT2D eigenvalue weighted by atomic mass is 10.0. The Morgan fingerprint density at radius 2 is 2.41 bits per heavy atom. The number of pyridine rings is 1. The van der Waals surface area contributed by atoms with Crippen LogP contribution in [0.1, 0.15) is 22.5 Å². The molecule has 1 aromatic heterocycles. The van der Waals surface area contributed by atoms with Crippen LogP contribution in [0.4, 0.5) is 0 Å². The summed E-state index contributed by atoms with van der Waals surface area (Å²) in [6.45, 7) is 4.82. The molecule has 1 N–H and O–H groups in total. The van der Waals surface area contributed by atoms with E-state index in [1.807, 2.05) is 24.0 Å². The van der Waals surface area contributed by atoms with Gasteiger partial charge in [0.15, 0.2) is 0 Å². The van der Waals surface area contributed by atoms with E-state index in [9.17, 15) is 4.79 Å². The third-order valence-electron chi connectivity index (χ3n) is 3.85. The maximum atomic E-state index is 12.4. The molecular weight excluding hydrogens is 214 g/mol. The van der Waals surface area contributed by atoms with Crippen LogP contribution in [0.3, 0.4) is 0 Å². The van der Waals surface area contributed by atoms with Gasteiger partial charge in [-0.15, -0.1) is 0 Å². The van der Waals surface area contributed by atoms with Crippen molar-refractivity contribution in [2.45, 2.75) is 19.4 Å². The summed E-state index contributed by atoms with van der Waals surface area (Å²) >= 11 is 0. The second kappa shape index (κ2) is 4.11. The Bertz CT molecular complexity index is 446. The number of aryl methyl sites for hydroxylation is 1. The Labute approximate surface area is 101 Å². The number of hydrogen-bond donors (Lipinski definition) is 1. The van der Waals surface area contributed by atoms with Crippen LogP contribution < -0.4 is 5.32 Å². The second-order valence-electron chi connectivity index (χ2n) is 4.96. The first-order valence-electron chi connectivity index (χ1n) is 6.20. The number of nitrogens with zero attached hydrogens (tertiary/aromatic N) is 2. The van der Waals surface area contributed by atoms with E-state index in [-0.39, 0.29) is 5.91 Å². The molecule has 2 aliphatic rings. The van der Waals surface area contributed by atoms with Gasteiger partial charge in [0.25, 0.3) is 5.91 Å². The minimum Gasteiger partial charge on any atom is -0.334 e. The zero-order valence-corrected chi connectivity index (χ0v) is 10.0. The van der Waals surface area contributed by atoms with Crippen LogP contribution >= 0.6 is 0 Å². The van der Waals surface area contributed by atoms with Crippen LogP contribution in [-0.4, -0.2) is 41.5 Å². The largest absolute Gasteiger partial charge is 0.334 e. The molecule has 0 radical (unpaired) electrons. The van der Waals surface area contributed by atoms with Crippen LogP contribution in [0.5, 0.6) is 0 Å². The van der Waals surface area contributed by atoms with E-state index in [0.29, 0.717) is 12.0 Å². The molecule has 0 unspecified atom stereocenters. The van der Waals surface area contributed by atoms with Gasteiger partial charge in [-0.3, -0.25) is 9.78 Å². The van der Waals surface area contributed by atoms with Crippen molar-refractivity contribution in [2.75, 3.05) is 19.6 Å². The third kappa shape index (κ3) is 1.82. The maximum absolute atomic E-state index is 12.4. The number of hydrogen-bond acceptors (Lipinski definition) is 3. The average molecular weight is 231 g/mol. The smallest absolute Gasteiger partial charge is 0.254 e. The second-order valence-corrected chi connectivity index (χ2v) is 4.96. The van der Waals surface area contributed by atoms with E-state index in [4.69, 9.17) is 0 Å². The fraction of sp³-hybridized carbons (Fsp3) is 0.538. The summed E-state index contributed by atoms with van der Waals surface area (Å²) in [6, 6.07) is 4.08. The molecule has 0 aliphatic carbocycles. The van der Waals surface area contributed by atoms with Gasteiger partial charge in [0, 0.05) is 43.1 Å². The first-order chi connectivity index (χ1) is 8.25. The van der Waals surface area contributed by atoms with Crippen molar-refractivity contribution >= 4 is 5.91 Å². The Morgan fingerprint density at radius 3 is 3.24 bits per heavy atom. The van der Waals surface area contributed by atoms with Crippen molar-refractivity contribution in [1.82, 2.24) is 15.2 Å². The van der Waals surface area contributed by atoms with Crippen LogP contribution in [0.15, 0.2) is 18.3 Å². The summed E-state index contributed by atoms with van der Waals surface area (Å²) in [5.74, 6) is 0.814. The number of carbonyl (C=O) groups excluding carboxylic acids is 1. The summed E-state index contributed by atoms with van der Waals surface area (Å²) in [5.41, 5.74) is 1.67. The Morgan fingerprint density at radius 1 is 1.53 bits per heavy atom. The minimum absolute atomic E-state index is 0.159. The number of nitrogens with one attached hydrogen (secondary N) is 1. The molecule has 3 heterocycles.